The Hall–Kier alpha value is -0.420. The Balaban J connectivity index is 2.04. The molecule has 0 radical (unpaired) electrons. The SMILES string of the molecule is CC1NC(C2CCCC2)N(C(C)CCS(C)=O)C1=O. The van der Waals surface area contributed by atoms with Crippen molar-refractivity contribution in [1.29, 1.82) is 0 Å². The molecule has 19 heavy (non-hydrogen) atoms. The third-order valence-corrected chi connectivity index (χ3v) is 5.30. The molecule has 0 aromatic heterocycles. The fraction of sp³-hybridized carbons (Fsp3) is 0.929. The van der Waals surface area contributed by atoms with Gasteiger partial charge >= 0.3 is 0 Å². The number of hydrogen-bond donors (Lipinski definition) is 1. The minimum atomic E-state index is -0.778. The van der Waals surface area contributed by atoms with Gasteiger partial charge in [-0.25, -0.2) is 0 Å². The first-order valence-electron chi connectivity index (χ1n) is 7.39. The standard InChI is InChI=1S/C14H26N2O2S/c1-10(8-9-19(3)18)16-13(12-6-4-5-7-12)15-11(2)14(16)17/h10-13,15H,4-9H2,1-3H3. The molecule has 1 N–H and O–H groups in total. The smallest absolute Gasteiger partial charge is 0.240 e. The number of carbonyl (C=O) groups is 1. The van der Waals surface area contributed by atoms with Gasteiger partial charge in [-0.15, -0.1) is 0 Å². The molecule has 110 valence electrons. The largest absolute Gasteiger partial charge is 0.323 e. The lowest BCUT2D eigenvalue weighted by Crippen LogP contribution is -2.47. The van der Waals surface area contributed by atoms with Crippen molar-refractivity contribution < 1.29 is 9.00 Å². The minimum Gasteiger partial charge on any atom is -0.323 e. The average molecular weight is 286 g/mol. The molecule has 4 atom stereocenters. The highest BCUT2D eigenvalue weighted by molar-refractivity contribution is 7.84. The van der Waals surface area contributed by atoms with Crippen LogP contribution in [0, 0.1) is 5.92 Å². The summed E-state index contributed by atoms with van der Waals surface area (Å²) in [5.41, 5.74) is 0. The zero-order chi connectivity index (χ0) is 14.0. The van der Waals surface area contributed by atoms with Gasteiger partial charge in [-0.2, -0.15) is 0 Å². The molecule has 1 amide bonds. The fourth-order valence-electron chi connectivity index (χ4n) is 3.37. The van der Waals surface area contributed by atoms with Crippen LogP contribution in [-0.2, 0) is 15.6 Å². The monoisotopic (exact) mass is 286 g/mol. The van der Waals surface area contributed by atoms with Crippen LogP contribution in [0.4, 0.5) is 0 Å². The average Bonchev–Trinajstić information content (AvgIpc) is 2.96. The molecular formula is C14H26N2O2S. The molecule has 0 aromatic rings. The normalized spacial score (nSPS) is 31.9. The van der Waals surface area contributed by atoms with Crippen molar-refractivity contribution in [1.82, 2.24) is 10.2 Å². The van der Waals surface area contributed by atoms with E-state index >= 15 is 0 Å². The van der Waals surface area contributed by atoms with E-state index in [1.165, 1.54) is 25.7 Å². The molecular weight excluding hydrogens is 260 g/mol. The Kier molecular flexibility index (Phi) is 5.01. The van der Waals surface area contributed by atoms with E-state index in [4.69, 9.17) is 0 Å². The molecule has 4 nitrogen and oxygen atoms in total. The summed E-state index contributed by atoms with van der Waals surface area (Å²) in [4.78, 5) is 14.4. The van der Waals surface area contributed by atoms with Crippen molar-refractivity contribution in [2.24, 2.45) is 5.92 Å². The number of rotatable bonds is 5. The molecule has 4 unspecified atom stereocenters. The molecule has 2 aliphatic rings. The van der Waals surface area contributed by atoms with Crippen molar-refractivity contribution in [3.63, 3.8) is 0 Å². The van der Waals surface area contributed by atoms with Gasteiger partial charge in [-0.05, 0) is 39.0 Å². The number of carbonyl (C=O) groups excluding carboxylic acids is 1. The van der Waals surface area contributed by atoms with Crippen molar-refractivity contribution in [2.45, 2.75) is 64.2 Å². The molecule has 0 aromatic carbocycles. The van der Waals surface area contributed by atoms with Crippen LogP contribution >= 0.6 is 0 Å². The predicted molar refractivity (Wildman–Crippen MR) is 78.2 cm³/mol. The zero-order valence-electron chi connectivity index (χ0n) is 12.2. The molecule has 1 saturated heterocycles. The third-order valence-electron chi connectivity index (χ3n) is 4.49. The fourth-order valence-corrected chi connectivity index (χ4v) is 4.04. The Morgan fingerprint density at radius 2 is 2.05 bits per heavy atom. The van der Waals surface area contributed by atoms with Crippen LogP contribution in [0.25, 0.3) is 0 Å². The van der Waals surface area contributed by atoms with Gasteiger partial charge in [-0.3, -0.25) is 14.3 Å². The van der Waals surface area contributed by atoms with Gasteiger partial charge in [0.2, 0.25) is 5.91 Å². The van der Waals surface area contributed by atoms with E-state index in [0.717, 1.165) is 6.42 Å². The van der Waals surface area contributed by atoms with E-state index < -0.39 is 10.8 Å². The lowest BCUT2D eigenvalue weighted by molar-refractivity contribution is -0.132. The van der Waals surface area contributed by atoms with E-state index in [1.807, 2.05) is 11.8 Å². The third kappa shape index (κ3) is 3.37. The molecule has 0 spiro atoms. The van der Waals surface area contributed by atoms with E-state index in [-0.39, 0.29) is 24.2 Å². The van der Waals surface area contributed by atoms with Crippen molar-refractivity contribution in [3.8, 4) is 0 Å². The van der Waals surface area contributed by atoms with Crippen LogP contribution < -0.4 is 5.32 Å². The highest BCUT2D eigenvalue weighted by Crippen LogP contribution is 2.33. The molecule has 1 saturated carbocycles. The quantitative estimate of drug-likeness (QED) is 0.833. The Morgan fingerprint density at radius 1 is 1.42 bits per heavy atom. The minimum absolute atomic E-state index is 0.0693. The molecule has 2 fully saturated rings. The first kappa shape index (κ1) is 15.0. The van der Waals surface area contributed by atoms with Gasteiger partial charge in [0.05, 0.1) is 12.2 Å². The van der Waals surface area contributed by atoms with Crippen LogP contribution in [0.15, 0.2) is 0 Å². The number of hydrogen-bond acceptors (Lipinski definition) is 3. The summed E-state index contributed by atoms with van der Waals surface area (Å²) < 4.78 is 11.2. The van der Waals surface area contributed by atoms with Crippen LogP contribution in [0.1, 0.15) is 46.0 Å². The number of nitrogens with zero attached hydrogens (tertiary/aromatic N) is 1. The van der Waals surface area contributed by atoms with Gasteiger partial charge in [0.15, 0.2) is 0 Å². The summed E-state index contributed by atoms with van der Waals surface area (Å²) in [5.74, 6) is 1.49. The first-order valence-corrected chi connectivity index (χ1v) is 9.11. The summed E-state index contributed by atoms with van der Waals surface area (Å²) >= 11 is 0. The summed E-state index contributed by atoms with van der Waals surface area (Å²) in [5, 5.41) is 3.46. The van der Waals surface area contributed by atoms with Gasteiger partial charge in [0.1, 0.15) is 0 Å². The summed E-state index contributed by atoms with van der Waals surface area (Å²) in [6.45, 7) is 4.04. The van der Waals surface area contributed by atoms with Crippen LogP contribution in [0.2, 0.25) is 0 Å². The van der Waals surface area contributed by atoms with Crippen LogP contribution in [0.5, 0.6) is 0 Å². The van der Waals surface area contributed by atoms with Gasteiger partial charge in [-0.1, -0.05) is 12.8 Å². The maximum absolute atomic E-state index is 12.3. The first-order chi connectivity index (χ1) is 9.00. The molecule has 5 heteroatoms. The maximum Gasteiger partial charge on any atom is 0.240 e. The van der Waals surface area contributed by atoms with E-state index in [2.05, 4.69) is 12.2 Å². The second kappa shape index (κ2) is 6.35. The predicted octanol–water partition coefficient (Wildman–Crippen LogP) is 1.48. The Labute approximate surface area is 118 Å². The summed E-state index contributed by atoms with van der Waals surface area (Å²) in [6, 6.07) is 0.111. The van der Waals surface area contributed by atoms with Crippen molar-refractivity contribution in [3.05, 3.63) is 0 Å². The molecule has 1 aliphatic carbocycles. The van der Waals surface area contributed by atoms with E-state index in [9.17, 15) is 9.00 Å². The summed E-state index contributed by atoms with van der Waals surface area (Å²) in [7, 11) is -0.778. The molecule has 1 aliphatic heterocycles. The number of amides is 1. The lowest BCUT2D eigenvalue weighted by atomic mass is 10.0. The van der Waals surface area contributed by atoms with Gasteiger partial charge in [0, 0.05) is 28.9 Å². The Morgan fingerprint density at radius 3 is 2.63 bits per heavy atom. The van der Waals surface area contributed by atoms with Gasteiger partial charge in [0.25, 0.3) is 0 Å². The number of nitrogens with one attached hydrogen (secondary N) is 1. The Bertz CT molecular complexity index is 355. The highest BCUT2D eigenvalue weighted by Gasteiger charge is 2.43. The van der Waals surface area contributed by atoms with Crippen molar-refractivity contribution >= 4 is 16.7 Å². The van der Waals surface area contributed by atoms with E-state index in [1.54, 1.807) is 6.26 Å². The highest BCUT2D eigenvalue weighted by atomic mass is 32.2. The van der Waals surface area contributed by atoms with E-state index in [0.29, 0.717) is 11.7 Å². The lowest BCUT2D eigenvalue weighted by Gasteiger charge is -2.33. The second-order valence-electron chi connectivity index (χ2n) is 6.04. The topological polar surface area (TPSA) is 49.4 Å². The van der Waals surface area contributed by atoms with Gasteiger partial charge < -0.3 is 4.90 Å². The zero-order valence-corrected chi connectivity index (χ0v) is 13.0. The van der Waals surface area contributed by atoms with Crippen LogP contribution in [0.3, 0.4) is 0 Å². The maximum atomic E-state index is 12.3. The molecule has 2 rings (SSSR count). The van der Waals surface area contributed by atoms with Crippen molar-refractivity contribution in [2.75, 3.05) is 12.0 Å². The van der Waals surface area contributed by atoms with Crippen LogP contribution in [-0.4, -0.2) is 45.3 Å². The molecule has 0 bridgehead atoms. The molecule has 1 heterocycles. The summed E-state index contributed by atoms with van der Waals surface area (Å²) in [6.07, 6.45) is 7.77. The second-order valence-corrected chi connectivity index (χ2v) is 7.59.